The van der Waals surface area contributed by atoms with Crippen LogP contribution in [0.4, 0.5) is 0 Å². The molecule has 20 heavy (non-hydrogen) atoms. The lowest BCUT2D eigenvalue weighted by Gasteiger charge is -2.17. The van der Waals surface area contributed by atoms with Crippen molar-refractivity contribution in [2.24, 2.45) is 5.73 Å². The Morgan fingerprint density at radius 2 is 0.950 bits per heavy atom. The van der Waals surface area contributed by atoms with Gasteiger partial charge in [0.1, 0.15) is 11.5 Å². The number of phenols is 2. The summed E-state index contributed by atoms with van der Waals surface area (Å²) in [5.74, 6) is 0.637. The molecule has 2 aromatic rings. The second-order valence-corrected chi connectivity index (χ2v) is 5.48. The predicted octanol–water partition coefficient (Wildman–Crippen LogP) is 3.38. The molecule has 3 heteroatoms. The molecule has 3 nitrogen and oxygen atoms in total. The van der Waals surface area contributed by atoms with E-state index in [0.29, 0.717) is 11.5 Å². The van der Waals surface area contributed by atoms with Crippen molar-refractivity contribution in [1.29, 1.82) is 0 Å². The Hall–Kier alpha value is -2.00. The molecule has 0 spiro atoms. The lowest BCUT2D eigenvalue weighted by Crippen LogP contribution is -2.13. The molecule has 0 unspecified atom stereocenters. The smallest absolute Gasteiger partial charge is 0.121 e. The van der Waals surface area contributed by atoms with E-state index in [0.717, 1.165) is 33.4 Å². The summed E-state index contributed by atoms with van der Waals surface area (Å²) in [6, 6.07) is 7.36. The van der Waals surface area contributed by atoms with Crippen LogP contribution in [-0.2, 0) is 0 Å². The fraction of sp³-hybridized carbons (Fsp3) is 0.294. The lowest BCUT2D eigenvalue weighted by molar-refractivity contribution is 0.466. The second kappa shape index (κ2) is 5.17. The van der Waals surface area contributed by atoms with Crippen molar-refractivity contribution in [2.45, 2.75) is 33.7 Å². The highest BCUT2D eigenvalue weighted by molar-refractivity contribution is 5.48. The maximum atomic E-state index is 9.83. The van der Waals surface area contributed by atoms with Gasteiger partial charge in [0.25, 0.3) is 0 Å². The van der Waals surface area contributed by atoms with Crippen molar-refractivity contribution in [1.82, 2.24) is 0 Å². The number of aromatic hydroxyl groups is 2. The van der Waals surface area contributed by atoms with E-state index in [1.807, 2.05) is 52.0 Å². The van der Waals surface area contributed by atoms with Gasteiger partial charge in [-0.3, -0.25) is 0 Å². The van der Waals surface area contributed by atoms with E-state index in [2.05, 4.69) is 0 Å². The largest absolute Gasteiger partial charge is 0.507 e. The fourth-order valence-electron chi connectivity index (χ4n) is 2.53. The number of nitrogens with two attached hydrogens (primary N) is 1. The van der Waals surface area contributed by atoms with Crippen LogP contribution in [0.3, 0.4) is 0 Å². The first-order chi connectivity index (χ1) is 9.31. The quantitative estimate of drug-likeness (QED) is 0.784. The zero-order valence-corrected chi connectivity index (χ0v) is 12.4. The van der Waals surface area contributed by atoms with Crippen LogP contribution in [0.15, 0.2) is 24.3 Å². The van der Waals surface area contributed by atoms with Crippen LogP contribution in [0.5, 0.6) is 11.5 Å². The highest BCUT2D eigenvalue weighted by atomic mass is 16.3. The molecular formula is C17H21NO2. The van der Waals surface area contributed by atoms with Gasteiger partial charge in [0.05, 0.1) is 6.04 Å². The number of hydrogen-bond donors (Lipinski definition) is 3. The highest BCUT2D eigenvalue weighted by Gasteiger charge is 2.14. The Morgan fingerprint density at radius 3 is 1.20 bits per heavy atom. The van der Waals surface area contributed by atoms with E-state index in [1.165, 1.54) is 0 Å². The predicted molar refractivity (Wildman–Crippen MR) is 81.2 cm³/mol. The van der Waals surface area contributed by atoms with E-state index in [4.69, 9.17) is 5.73 Å². The molecule has 0 fully saturated rings. The highest BCUT2D eigenvalue weighted by Crippen LogP contribution is 2.31. The van der Waals surface area contributed by atoms with Gasteiger partial charge in [-0.25, -0.2) is 0 Å². The summed E-state index contributed by atoms with van der Waals surface area (Å²) in [4.78, 5) is 0. The van der Waals surface area contributed by atoms with Gasteiger partial charge < -0.3 is 15.9 Å². The summed E-state index contributed by atoms with van der Waals surface area (Å²) >= 11 is 0. The Bertz CT molecular complexity index is 559. The third kappa shape index (κ3) is 2.49. The summed E-state index contributed by atoms with van der Waals surface area (Å²) in [6.07, 6.45) is 0. The third-order valence-corrected chi connectivity index (χ3v) is 3.75. The molecule has 0 aliphatic rings. The molecule has 2 aromatic carbocycles. The molecule has 0 bridgehead atoms. The van der Waals surface area contributed by atoms with Gasteiger partial charge in [0.15, 0.2) is 0 Å². The SMILES string of the molecule is Cc1cc(C(N)c2cc(C)c(O)c(C)c2)cc(C)c1O. The lowest BCUT2D eigenvalue weighted by atomic mass is 9.93. The Labute approximate surface area is 119 Å². The zero-order valence-electron chi connectivity index (χ0n) is 12.4. The van der Waals surface area contributed by atoms with Gasteiger partial charge in [0, 0.05) is 0 Å². The van der Waals surface area contributed by atoms with Crippen LogP contribution < -0.4 is 5.73 Å². The first-order valence-corrected chi connectivity index (χ1v) is 6.67. The maximum absolute atomic E-state index is 9.83. The molecule has 106 valence electrons. The summed E-state index contributed by atoms with van der Waals surface area (Å²) in [6.45, 7) is 7.47. The van der Waals surface area contributed by atoms with Gasteiger partial charge in [0.2, 0.25) is 0 Å². The zero-order chi connectivity index (χ0) is 15.0. The van der Waals surface area contributed by atoms with Crippen LogP contribution in [-0.4, -0.2) is 10.2 Å². The monoisotopic (exact) mass is 271 g/mol. The first-order valence-electron chi connectivity index (χ1n) is 6.67. The van der Waals surface area contributed by atoms with Crippen molar-refractivity contribution < 1.29 is 10.2 Å². The van der Waals surface area contributed by atoms with Gasteiger partial charge >= 0.3 is 0 Å². The van der Waals surface area contributed by atoms with E-state index < -0.39 is 0 Å². The summed E-state index contributed by atoms with van der Waals surface area (Å²) < 4.78 is 0. The van der Waals surface area contributed by atoms with Gasteiger partial charge in [-0.05, 0) is 61.1 Å². The van der Waals surface area contributed by atoms with E-state index >= 15 is 0 Å². The molecule has 0 heterocycles. The molecule has 0 saturated heterocycles. The third-order valence-electron chi connectivity index (χ3n) is 3.75. The van der Waals surface area contributed by atoms with Crippen LogP contribution >= 0.6 is 0 Å². The van der Waals surface area contributed by atoms with Crippen molar-refractivity contribution in [3.8, 4) is 11.5 Å². The van der Waals surface area contributed by atoms with Gasteiger partial charge in [-0.15, -0.1) is 0 Å². The molecule has 0 aliphatic heterocycles. The maximum Gasteiger partial charge on any atom is 0.121 e. The average Bonchev–Trinajstić information content (AvgIpc) is 2.40. The van der Waals surface area contributed by atoms with Gasteiger partial charge in [-0.2, -0.15) is 0 Å². The first kappa shape index (κ1) is 14.4. The molecule has 0 amide bonds. The Kier molecular flexibility index (Phi) is 3.73. The van der Waals surface area contributed by atoms with E-state index in [1.54, 1.807) is 0 Å². The minimum Gasteiger partial charge on any atom is -0.507 e. The molecule has 0 aliphatic carbocycles. The normalized spacial score (nSPS) is 11.1. The fourth-order valence-corrected chi connectivity index (χ4v) is 2.53. The number of phenolic OH excluding ortho intramolecular Hbond substituents is 2. The van der Waals surface area contributed by atoms with E-state index in [9.17, 15) is 10.2 Å². The number of rotatable bonds is 2. The average molecular weight is 271 g/mol. The van der Waals surface area contributed by atoms with Crippen LogP contribution in [0, 0.1) is 27.7 Å². The minimum atomic E-state index is -0.272. The summed E-state index contributed by atoms with van der Waals surface area (Å²) in [7, 11) is 0. The van der Waals surface area contributed by atoms with Crippen LogP contribution in [0.1, 0.15) is 39.4 Å². The molecule has 2 rings (SSSR count). The Balaban J connectivity index is 2.49. The molecule has 0 radical (unpaired) electrons. The van der Waals surface area contributed by atoms with Gasteiger partial charge in [-0.1, -0.05) is 24.3 Å². The van der Waals surface area contributed by atoms with Crippen molar-refractivity contribution in [3.63, 3.8) is 0 Å². The molecule has 4 N–H and O–H groups in total. The topological polar surface area (TPSA) is 66.5 Å². The van der Waals surface area contributed by atoms with Crippen LogP contribution in [0.2, 0.25) is 0 Å². The van der Waals surface area contributed by atoms with Crippen molar-refractivity contribution in [3.05, 3.63) is 57.6 Å². The number of hydrogen-bond acceptors (Lipinski definition) is 3. The van der Waals surface area contributed by atoms with Crippen molar-refractivity contribution >= 4 is 0 Å². The molecule has 0 aromatic heterocycles. The standard InChI is InChI=1S/C17H21NO2/c1-9-5-13(6-10(2)16(9)19)15(18)14-7-11(3)17(20)12(4)8-14/h5-8,15,19-20H,18H2,1-4H3. The molecular weight excluding hydrogens is 250 g/mol. The van der Waals surface area contributed by atoms with E-state index in [-0.39, 0.29) is 6.04 Å². The summed E-state index contributed by atoms with van der Waals surface area (Å²) in [5, 5.41) is 19.7. The minimum absolute atomic E-state index is 0.272. The van der Waals surface area contributed by atoms with Crippen LogP contribution in [0.25, 0.3) is 0 Å². The number of aryl methyl sites for hydroxylation is 4. The second-order valence-electron chi connectivity index (χ2n) is 5.48. The molecule has 0 atom stereocenters. The molecule has 0 saturated carbocycles. The summed E-state index contributed by atoms with van der Waals surface area (Å²) in [5.41, 5.74) is 11.5. The Morgan fingerprint density at radius 1 is 0.700 bits per heavy atom. The van der Waals surface area contributed by atoms with Crippen molar-refractivity contribution in [2.75, 3.05) is 0 Å². The number of benzene rings is 2.